The molecule has 1 heterocycles. The smallest absolute Gasteiger partial charge is 0.494 e. The van der Waals surface area contributed by atoms with Crippen LogP contribution in [0.1, 0.15) is 33.3 Å². The standard InChI is InChI=1S/C14H20BClO4/c1-13(2)14(3,4)20-15(19-13)10-6-9(8-17)12(18-5)11(16)7-10/h6-7,17H,8H2,1-5H3. The number of aliphatic hydroxyl groups excluding tert-OH is 1. The summed E-state index contributed by atoms with van der Waals surface area (Å²) in [4.78, 5) is 0. The third kappa shape index (κ3) is 2.55. The number of rotatable bonds is 3. The van der Waals surface area contributed by atoms with Crippen LogP contribution in [0.15, 0.2) is 12.1 Å². The summed E-state index contributed by atoms with van der Waals surface area (Å²) in [6.45, 7) is 7.81. The predicted molar refractivity (Wildman–Crippen MR) is 79.6 cm³/mol. The van der Waals surface area contributed by atoms with Gasteiger partial charge < -0.3 is 19.2 Å². The molecule has 2 rings (SSSR count). The normalized spacial score (nSPS) is 20.2. The first-order valence-electron chi connectivity index (χ1n) is 6.54. The van der Waals surface area contributed by atoms with E-state index in [2.05, 4.69) is 0 Å². The Morgan fingerprint density at radius 3 is 2.20 bits per heavy atom. The van der Waals surface area contributed by atoms with Gasteiger partial charge in [-0.3, -0.25) is 0 Å². The van der Waals surface area contributed by atoms with Crippen LogP contribution in [0.3, 0.4) is 0 Å². The van der Waals surface area contributed by atoms with Gasteiger partial charge in [0.2, 0.25) is 0 Å². The van der Waals surface area contributed by atoms with Crippen molar-refractivity contribution >= 4 is 24.2 Å². The monoisotopic (exact) mass is 298 g/mol. The van der Waals surface area contributed by atoms with E-state index in [0.717, 1.165) is 5.46 Å². The zero-order chi connectivity index (χ0) is 15.1. The van der Waals surface area contributed by atoms with Gasteiger partial charge >= 0.3 is 7.12 Å². The second kappa shape index (κ2) is 5.22. The van der Waals surface area contributed by atoms with Crippen LogP contribution in [0.5, 0.6) is 5.75 Å². The van der Waals surface area contributed by atoms with Crippen molar-refractivity contribution in [2.75, 3.05) is 7.11 Å². The number of benzene rings is 1. The summed E-state index contributed by atoms with van der Waals surface area (Å²) in [6.07, 6.45) is 0. The minimum atomic E-state index is -0.506. The Bertz CT molecular complexity index is 500. The summed E-state index contributed by atoms with van der Waals surface area (Å²) in [6, 6.07) is 3.55. The van der Waals surface area contributed by atoms with Crippen LogP contribution in [0, 0.1) is 0 Å². The van der Waals surface area contributed by atoms with Crippen LogP contribution in [-0.4, -0.2) is 30.5 Å². The minimum Gasteiger partial charge on any atom is -0.495 e. The van der Waals surface area contributed by atoms with E-state index in [4.69, 9.17) is 25.6 Å². The van der Waals surface area contributed by atoms with E-state index >= 15 is 0 Å². The maximum Gasteiger partial charge on any atom is 0.494 e. The lowest BCUT2D eigenvalue weighted by molar-refractivity contribution is 0.00578. The summed E-state index contributed by atoms with van der Waals surface area (Å²) in [5.74, 6) is 0.481. The molecular weight excluding hydrogens is 278 g/mol. The summed E-state index contributed by atoms with van der Waals surface area (Å²) in [5, 5.41) is 9.86. The van der Waals surface area contributed by atoms with Gasteiger partial charge in [0.15, 0.2) is 0 Å². The van der Waals surface area contributed by atoms with Crippen molar-refractivity contribution in [2.24, 2.45) is 0 Å². The van der Waals surface area contributed by atoms with Crippen LogP contribution in [0.2, 0.25) is 5.02 Å². The third-order valence-electron chi connectivity index (χ3n) is 4.04. The number of aliphatic hydroxyl groups is 1. The first kappa shape index (κ1) is 15.6. The molecule has 0 spiro atoms. The summed E-state index contributed by atoms with van der Waals surface area (Å²) in [5.41, 5.74) is 0.565. The van der Waals surface area contributed by atoms with E-state index < -0.39 is 18.3 Å². The molecule has 0 saturated carbocycles. The molecule has 0 atom stereocenters. The highest BCUT2D eigenvalue weighted by Gasteiger charge is 2.51. The molecule has 1 fully saturated rings. The number of ether oxygens (including phenoxy) is 1. The molecule has 0 radical (unpaired) electrons. The van der Waals surface area contributed by atoms with Gasteiger partial charge in [0.25, 0.3) is 0 Å². The van der Waals surface area contributed by atoms with Crippen molar-refractivity contribution < 1.29 is 19.2 Å². The molecule has 6 heteroatoms. The second-order valence-corrected chi connectivity index (χ2v) is 6.35. The van der Waals surface area contributed by atoms with Gasteiger partial charge in [-0.05, 0) is 39.2 Å². The van der Waals surface area contributed by atoms with Gasteiger partial charge in [-0.25, -0.2) is 0 Å². The fourth-order valence-electron chi connectivity index (χ4n) is 2.13. The molecule has 1 aromatic carbocycles. The third-order valence-corrected chi connectivity index (χ3v) is 4.32. The molecule has 1 aliphatic heterocycles. The highest BCUT2D eigenvalue weighted by atomic mass is 35.5. The zero-order valence-corrected chi connectivity index (χ0v) is 13.2. The SMILES string of the molecule is COc1c(Cl)cc(B2OC(C)(C)C(C)(C)O2)cc1CO. The first-order chi connectivity index (χ1) is 9.21. The molecule has 110 valence electrons. The van der Waals surface area contributed by atoms with Crippen LogP contribution in [-0.2, 0) is 15.9 Å². The molecule has 0 amide bonds. The van der Waals surface area contributed by atoms with E-state index in [1.807, 2.05) is 27.7 Å². The van der Waals surface area contributed by atoms with E-state index in [1.165, 1.54) is 7.11 Å². The maximum atomic E-state index is 9.43. The van der Waals surface area contributed by atoms with Crippen molar-refractivity contribution in [3.63, 3.8) is 0 Å². The summed E-state index contributed by atoms with van der Waals surface area (Å²) < 4.78 is 17.1. The van der Waals surface area contributed by atoms with Crippen molar-refractivity contribution in [2.45, 2.75) is 45.5 Å². The van der Waals surface area contributed by atoms with Crippen molar-refractivity contribution in [3.8, 4) is 5.75 Å². The van der Waals surface area contributed by atoms with Crippen molar-refractivity contribution in [3.05, 3.63) is 22.7 Å². The number of methoxy groups -OCH3 is 1. The Kier molecular flexibility index (Phi) is 4.09. The first-order valence-corrected chi connectivity index (χ1v) is 6.92. The molecule has 0 aromatic heterocycles. The Morgan fingerprint density at radius 2 is 1.75 bits per heavy atom. The van der Waals surface area contributed by atoms with Gasteiger partial charge in [0.05, 0.1) is 29.9 Å². The molecular formula is C14H20BClO4. The lowest BCUT2D eigenvalue weighted by Gasteiger charge is -2.32. The zero-order valence-electron chi connectivity index (χ0n) is 12.5. The summed E-state index contributed by atoms with van der Waals surface area (Å²) >= 11 is 6.19. The highest BCUT2D eigenvalue weighted by molar-refractivity contribution is 6.62. The average Bonchev–Trinajstić information content (AvgIpc) is 2.57. The van der Waals surface area contributed by atoms with E-state index in [-0.39, 0.29) is 6.61 Å². The van der Waals surface area contributed by atoms with Crippen molar-refractivity contribution in [1.29, 1.82) is 0 Å². The van der Waals surface area contributed by atoms with Crippen LogP contribution in [0.25, 0.3) is 0 Å². The van der Waals surface area contributed by atoms with E-state index in [9.17, 15) is 5.11 Å². The maximum absolute atomic E-state index is 9.43. The average molecular weight is 299 g/mol. The van der Waals surface area contributed by atoms with E-state index in [0.29, 0.717) is 16.3 Å². The Labute approximate surface area is 125 Å². The largest absolute Gasteiger partial charge is 0.495 e. The fourth-order valence-corrected chi connectivity index (χ4v) is 2.46. The number of hydrogen-bond donors (Lipinski definition) is 1. The Morgan fingerprint density at radius 1 is 1.20 bits per heavy atom. The number of halogens is 1. The summed E-state index contributed by atoms with van der Waals surface area (Å²) in [7, 11) is 1.02. The molecule has 1 saturated heterocycles. The van der Waals surface area contributed by atoms with Crippen molar-refractivity contribution in [1.82, 2.24) is 0 Å². The predicted octanol–water partition coefficient (Wildman–Crippen LogP) is 2.14. The lowest BCUT2D eigenvalue weighted by Crippen LogP contribution is -2.41. The van der Waals surface area contributed by atoms with E-state index in [1.54, 1.807) is 12.1 Å². The lowest BCUT2D eigenvalue weighted by atomic mass is 9.78. The van der Waals surface area contributed by atoms with Crippen LogP contribution < -0.4 is 10.2 Å². The molecule has 0 aliphatic carbocycles. The second-order valence-electron chi connectivity index (χ2n) is 5.94. The quantitative estimate of drug-likeness (QED) is 0.869. The van der Waals surface area contributed by atoms with Gasteiger partial charge in [0.1, 0.15) is 5.75 Å². The number of hydrogen-bond acceptors (Lipinski definition) is 4. The van der Waals surface area contributed by atoms with Crippen LogP contribution in [0.4, 0.5) is 0 Å². The molecule has 0 bridgehead atoms. The topological polar surface area (TPSA) is 47.9 Å². The Hall–Kier alpha value is -0.745. The van der Waals surface area contributed by atoms with Gasteiger partial charge in [0, 0.05) is 5.56 Å². The van der Waals surface area contributed by atoms with Gasteiger partial charge in [-0.2, -0.15) is 0 Å². The molecule has 1 N–H and O–H groups in total. The fraction of sp³-hybridized carbons (Fsp3) is 0.571. The molecule has 0 unspecified atom stereocenters. The molecule has 20 heavy (non-hydrogen) atoms. The Balaban J connectivity index is 2.38. The van der Waals surface area contributed by atoms with Gasteiger partial charge in [-0.1, -0.05) is 17.7 Å². The highest BCUT2D eigenvalue weighted by Crippen LogP contribution is 2.37. The molecule has 1 aromatic rings. The van der Waals surface area contributed by atoms with Crippen LogP contribution >= 0.6 is 11.6 Å². The molecule has 4 nitrogen and oxygen atoms in total. The van der Waals surface area contributed by atoms with Gasteiger partial charge in [-0.15, -0.1) is 0 Å². The molecule has 1 aliphatic rings. The minimum absolute atomic E-state index is 0.157.